The Kier molecular flexibility index (Phi) is 4.84. The highest BCUT2D eigenvalue weighted by molar-refractivity contribution is 6.31. The maximum Gasteiger partial charge on any atom is 0.0847 e. The van der Waals surface area contributed by atoms with Gasteiger partial charge in [0.1, 0.15) is 0 Å². The summed E-state index contributed by atoms with van der Waals surface area (Å²) in [6.45, 7) is 6.89. The van der Waals surface area contributed by atoms with Crippen LogP contribution in [0.1, 0.15) is 38.1 Å². The summed E-state index contributed by atoms with van der Waals surface area (Å²) in [4.78, 5) is 0. The van der Waals surface area contributed by atoms with Gasteiger partial charge in [0.15, 0.2) is 0 Å². The second kappa shape index (κ2) is 6.22. The van der Waals surface area contributed by atoms with Gasteiger partial charge in [-0.05, 0) is 33.6 Å². The molecule has 1 aliphatic heterocycles. The van der Waals surface area contributed by atoms with Gasteiger partial charge in [0.25, 0.3) is 0 Å². The van der Waals surface area contributed by atoms with Crippen LogP contribution in [-0.4, -0.2) is 28.0 Å². The van der Waals surface area contributed by atoms with Crippen molar-refractivity contribution in [1.82, 2.24) is 15.2 Å². The Morgan fingerprint density at radius 2 is 2.32 bits per heavy atom. The third-order valence-corrected chi connectivity index (χ3v) is 4.29. The van der Waals surface area contributed by atoms with Crippen LogP contribution < -0.4 is 11.3 Å². The van der Waals surface area contributed by atoms with E-state index in [0.717, 1.165) is 42.2 Å². The van der Waals surface area contributed by atoms with Crippen LogP contribution in [0.15, 0.2) is 0 Å². The molecular formula is C13H23ClN4O. The van der Waals surface area contributed by atoms with Crippen molar-refractivity contribution in [3.05, 3.63) is 16.4 Å². The maximum absolute atomic E-state index is 6.34. The van der Waals surface area contributed by atoms with Gasteiger partial charge in [0.05, 0.1) is 34.7 Å². The number of hydrazine groups is 1. The van der Waals surface area contributed by atoms with E-state index in [1.807, 2.05) is 11.6 Å². The van der Waals surface area contributed by atoms with Crippen LogP contribution >= 0.6 is 11.6 Å². The molecule has 6 heteroatoms. The molecule has 0 aliphatic carbocycles. The molecular weight excluding hydrogens is 264 g/mol. The van der Waals surface area contributed by atoms with Gasteiger partial charge in [0.2, 0.25) is 0 Å². The van der Waals surface area contributed by atoms with Gasteiger partial charge in [-0.25, -0.2) is 0 Å². The third kappa shape index (κ3) is 3.11. The summed E-state index contributed by atoms with van der Waals surface area (Å²) in [6, 6.07) is 0.0730. The Morgan fingerprint density at radius 1 is 1.58 bits per heavy atom. The average molecular weight is 287 g/mol. The number of aryl methyl sites for hydroxylation is 2. The lowest BCUT2D eigenvalue weighted by Gasteiger charge is -2.23. The highest BCUT2D eigenvalue weighted by atomic mass is 35.5. The number of hydrogen-bond acceptors (Lipinski definition) is 4. The van der Waals surface area contributed by atoms with Crippen molar-refractivity contribution in [2.24, 2.45) is 5.84 Å². The van der Waals surface area contributed by atoms with Crippen LogP contribution in [-0.2, 0) is 17.7 Å². The van der Waals surface area contributed by atoms with Crippen LogP contribution in [0.25, 0.3) is 0 Å². The molecule has 0 amide bonds. The number of rotatable bonds is 5. The first-order chi connectivity index (χ1) is 9.06. The molecule has 0 radical (unpaired) electrons. The lowest BCUT2D eigenvalue weighted by atomic mass is 10.0. The van der Waals surface area contributed by atoms with Crippen LogP contribution in [0.3, 0.4) is 0 Å². The zero-order valence-corrected chi connectivity index (χ0v) is 12.6. The normalized spacial score (nSPS) is 24.9. The van der Waals surface area contributed by atoms with Crippen molar-refractivity contribution in [2.75, 3.05) is 0 Å². The van der Waals surface area contributed by atoms with E-state index in [-0.39, 0.29) is 12.1 Å². The van der Waals surface area contributed by atoms with Gasteiger partial charge in [-0.3, -0.25) is 16.0 Å². The Labute approximate surface area is 119 Å². The molecule has 1 fully saturated rings. The molecule has 19 heavy (non-hydrogen) atoms. The van der Waals surface area contributed by atoms with Crippen LogP contribution in [0, 0.1) is 6.92 Å². The van der Waals surface area contributed by atoms with Gasteiger partial charge in [-0.15, -0.1) is 0 Å². The summed E-state index contributed by atoms with van der Waals surface area (Å²) in [7, 11) is 0. The number of nitrogens with one attached hydrogen (secondary N) is 1. The van der Waals surface area contributed by atoms with Crippen molar-refractivity contribution < 1.29 is 4.74 Å². The Hall–Kier alpha value is -0.620. The summed E-state index contributed by atoms with van der Waals surface area (Å²) in [6.07, 6.45) is 3.32. The monoisotopic (exact) mass is 286 g/mol. The van der Waals surface area contributed by atoms with Crippen molar-refractivity contribution in [1.29, 1.82) is 0 Å². The number of ether oxygens (including phenoxy) is 1. The van der Waals surface area contributed by atoms with E-state index in [4.69, 9.17) is 22.2 Å². The minimum atomic E-state index is 0.0730. The molecule has 1 aromatic heterocycles. The van der Waals surface area contributed by atoms with Crippen molar-refractivity contribution in [3.63, 3.8) is 0 Å². The quantitative estimate of drug-likeness (QED) is 0.640. The maximum atomic E-state index is 6.34. The minimum Gasteiger partial charge on any atom is -0.374 e. The fourth-order valence-electron chi connectivity index (χ4n) is 2.70. The molecule has 5 nitrogen and oxygen atoms in total. The van der Waals surface area contributed by atoms with E-state index in [9.17, 15) is 0 Å². The Balaban J connectivity index is 2.14. The van der Waals surface area contributed by atoms with Crippen molar-refractivity contribution in [2.45, 2.75) is 64.8 Å². The lowest BCUT2D eigenvalue weighted by molar-refractivity contribution is 0.0316. The molecule has 1 aliphatic rings. The van der Waals surface area contributed by atoms with E-state index in [1.54, 1.807) is 0 Å². The Bertz CT molecular complexity index is 435. The van der Waals surface area contributed by atoms with Crippen molar-refractivity contribution >= 4 is 11.6 Å². The lowest BCUT2D eigenvalue weighted by Crippen LogP contribution is -2.45. The number of halogens is 1. The van der Waals surface area contributed by atoms with Gasteiger partial charge in [-0.2, -0.15) is 5.10 Å². The summed E-state index contributed by atoms with van der Waals surface area (Å²) < 4.78 is 7.84. The van der Waals surface area contributed by atoms with Crippen LogP contribution in [0.2, 0.25) is 5.02 Å². The van der Waals surface area contributed by atoms with Gasteiger partial charge < -0.3 is 4.74 Å². The summed E-state index contributed by atoms with van der Waals surface area (Å²) >= 11 is 6.34. The zero-order valence-electron chi connectivity index (χ0n) is 11.8. The van der Waals surface area contributed by atoms with E-state index in [0.29, 0.717) is 6.10 Å². The number of nitrogens with two attached hydrogens (primary N) is 1. The predicted octanol–water partition coefficient (Wildman–Crippen LogP) is 1.81. The van der Waals surface area contributed by atoms with Crippen molar-refractivity contribution in [3.8, 4) is 0 Å². The van der Waals surface area contributed by atoms with Gasteiger partial charge in [-0.1, -0.05) is 11.6 Å². The predicted molar refractivity (Wildman–Crippen MR) is 76.0 cm³/mol. The second-order valence-corrected chi connectivity index (χ2v) is 5.58. The third-order valence-electron chi connectivity index (χ3n) is 3.79. The fourth-order valence-corrected chi connectivity index (χ4v) is 2.91. The molecule has 108 valence electrons. The highest BCUT2D eigenvalue weighted by Crippen LogP contribution is 2.26. The average Bonchev–Trinajstić information content (AvgIpc) is 2.93. The van der Waals surface area contributed by atoms with Gasteiger partial charge >= 0.3 is 0 Å². The highest BCUT2D eigenvalue weighted by Gasteiger charge is 2.30. The first-order valence-electron chi connectivity index (χ1n) is 6.90. The van der Waals surface area contributed by atoms with E-state index in [1.165, 1.54) is 0 Å². The summed E-state index contributed by atoms with van der Waals surface area (Å²) in [5.74, 6) is 5.69. The molecule has 3 N–H and O–H groups in total. The molecule has 0 bridgehead atoms. The molecule has 0 spiro atoms. The molecule has 3 unspecified atom stereocenters. The SMILES string of the molecule is CCn1nc(C)c(Cl)c1CC(NN)C1CCC(C)O1. The van der Waals surface area contributed by atoms with E-state index in [2.05, 4.69) is 24.4 Å². The first kappa shape index (κ1) is 14.8. The molecule has 1 saturated heterocycles. The second-order valence-electron chi connectivity index (χ2n) is 5.20. The number of aromatic nitrogens is 2. The topological polar surface area (TPSA) is 65.1 Å². The minimum absolute atomic E-state index is 0.0730. The molecule has 3 atom stereocenters. The first-order valence-corrected chi connectivity index (χ1v) is 7.28. The summed E-state index contributed by atoms with van der Waals surface area (Å²) in [5.41, 5.74) is 4.78. The smallest absolute Gasteiger partial charge is 0.0847 e. The van der Waals surface area contributed by atoms with Gasteiger partial charge in [0, 0.05) is 13.0 Å². The van der Waals surface area contributed by atoms with E-state index >= 15 is 0 Å². The number of hydrogen-bond donors (Lipinski definition) is 2. The Morgan fingerprint density at radius 3 is 2.84 bits per heavy atom. The number of nitrogens with zero attached hydrogens (tertiary/aromatic N) is 2. The molecule has 0 saturated carbocycles. The molecule has 2 heterocycles. The van der Waals surface area contributed by atoms with Crippen LogP contribution in [0.4, 0.5) is 0 Å². The largest absolute Gasteiger partial charge is 0.374 e. The van der Waals surface area contributed by atoms with Crippen LogP contribution in [0.5, 0.6) is 0 Å². The zero-order chi connectivity index (χ0) is 14.0. The van der Waals surface area contributed by atoms with E-state index < -0.39 is 0 Å². The fraction of sp³-hybridized carbons (Fsp3) is 0.769. The molecule has 2 rings (SSSR count). The summed E-state index contributed by atoms with van der Waals surface area (Å²) in [5, 5.41) is 5.18. The standard InChI is InChI=1S/C13H23ClN4O/c1-4-18-11(13(14)9(3)17-18)7-10(16-15)12-6-5-8(2)19-12/h8,10,12,16H,4-7,15H2,1-3H3. The molecule has 0 aromatic carbocycles. The molecule has 1 aromatic rings.